The molecule has 0 radical (unpaired) electrons. The molecule has 6 nitrogen and oxygen atoms in total. The lowest BCUT2D eigenvalue weighted by atomic mass is 10.1. The second-order valence-corrected chi connectivity index (χ2v) is 4.51. The molecule has 0 bridgehead atoms. The molecule has 1 atom stereocenters. The summed E-state index contributed by atoms with van der Waals surface area (Å²) in [5, 5.41) is 14.6. The molecule has 1 aliphatic rings. The highest BCUT2D eigenvalue weighted by Gasteiger charge is 2.17. The molecule has 0 aromatic carbocycles. The number of hydrogen-bond acceptors (Lipinski definition) is 4. The zero-order chi connectivity index (χ0) is 13.4. The highest BCUT2D eigenvalue weighted by atomic mass is 16.5. The Hall–Kier alpha value is -1.14. The molecule has 1 saturated heterocycles. The lowest BCUT2D eigenvalue weighted by molar-refractivity contribution is -0.142. The molecule has 104 valence electrons. The summed E-state index contributed by atoms with van der Waals surface area (Å²) in [4.78, 5) is 22.2. The van der Waals surface area contributed by atoms with Crippen LogP contribution in [0.2, 0.25) is 0 Å². The first-order chi connectivity index (χ1) is 8.63. The van der Waals surface area contributed by atoms with Gasteiger partial charge in [0, 0.05) is 6.54 Å². The van der Waals surface area contributed by atoms with Gasteiger partial charge in [0.1, 0.15) is 6.61 Å². The van der Waals surface area contributed by atoms with Crippen molar-refractivity contribution >= 4 is 11.9 Å². The highest BCUT2D eigenvalue weighted by Crippen LogP contribution is 2.06. The van der Waals surface area contributed by atoms with Crippen molar-refractivity contribution in [1.29, 1.82) is 0 Å². The molecule has 0 aromatic heterocycles. The van der Waals surface area contributed by atoms with Crippen molar-refractivity contribution in [2.45, 2.75) is 32.3 Å². The van der Waals surface area contributed by atoms with Gasteiger partial charge in [0.2, 0.25) is 5.91 Å². The summed E-state index contributed by atoms with van der Waals surface area (Å²) in [5.74, 6) is -1.64. The van der Waals surface area contributed by atoms with Crippen LogP contribution in [-0.2, 0) is 14.3 Å². The van der Waals surface area contributed by atoms with Gasteiger partial charge in [0.05, 0.1) is 12.0 Å². The Kier molecular flexibility index (Phi) is 6.67. The van der Waals surface area contributed by atoms with E-state index in [1.54, 1.807) is 6.92 Å². The number of piperidine rings is 1. The topological polar surface area (TPSA) is 87.7 Å². The van der Waals surface area contributed by atoms with E-state index in [0.717, 1.165) is 25.9 Å². The van der Waals surface area contributed by atoms with Gasteiger partial charge >= 0.3 is 5.97 Å². The van der Waals surface area contributed by atoms with E-state index in [4.69, 9.17) is 9.84 Å². The molecule has 1 fully saturated rings. The van der Waals surface area contributed by atoms with Crippen LogP contribution in [0.1, 0.15) is 26.2 Å². The molecule has 0 saturated carbocycles. The van der Waals surface area contributed by atoms with Crippen LogP contribution in [-0.4, -0.2) is 49.3 Å². The predicted octanol–water partition coefficient (Wildman–Crippen LogP) is -0.0180. The van der Waals surface area contributed by atoms with Crippen LogP contribution in [0, 0.1) is 5.92 Å². The minimum absolute atomic E-state index is 0.0146. The zero-order valence-electron chi connectivity index (χ0n) is 10.8. The van der Waals surface area contributed by atoms with Crippen molar-refractivity contribution < 1.29 is 19.4 Å². The van der Waals surface area contributed by atoms with Gasteiger partial charge < -0.3 is 20.5 Å². The zero-order valence-corrected chi connectivity index (χ0v) is 10.8. The van der Waals surface area contributed by atoms with Gasteiger partial charge in [-0.3, -0.25) is 9.59 Å². The average Bonchev–Trinajstić information content (AvgIpc) is 2.38. The van der Waals surface area contributed by atoms with Gasteiger partial charge in [0.15, 0.2) is 0 Å². The molecule has 18 heavy (non-hydrogen) atoms. The van der Waals surface area contributed by atoms with Crippen molar-refractivity contribution in [3.05, 3.63) is 0 Å². The van der Waals surface area contributed by atoms with Gasteiger partial charge in [-0.25, -0.2) is 0 Å². The number of nitrogens with one attached hydrogen (secondary N) is 2. The van der Waals surface area contributed by atoms with E-state index in [9.17, 15) is 9.59 Å². The number of aliphatic carboxylic acids is 1. The number of carbonyl (C=O) groups is 2. The van der Waals surface area contributed by atoms with Crippen LogP contribution >= 0.6 is 0 Å². The average molecular weight is 258 g/mol. The third-order valence-corrected chi connectivity index (χ3v) is 3.12. The number of amides is 1. The molecule has 1 rings (SSSR count). The standard InChI is InChI=1S/C12H22N2O4/c1-2-9(12(16)17)7-14-11(15)8-18-10-3-5-13-6-4-10/h9-10,13H,2-8H2,1H3,(H,14,15)(H,16,17). The molecule has 3 N–H and O–H groups in total. The summed E-state index contributed by atoms with van der Waals surface area (Å²) >= 11 is 0. The van der Waals surface area contributed by atoms with E-state index in [0.29, 0.717) is 6.42 Å². The van der Waals surface area contributed by atoms with E-state index in [1.807, 2.05) is 0 Å². The largest absolute Gasteiger partial charge is 0.481 e. The fraction of sp³-hybridized carbons (Fsp3) is 0.833. The molecule has 0 aromatic rings. The first-order valence-electron chi connectivity index (χ1n) is 6.45. The van der Waals surface area contributed by atoms with Gasteiger partial charge in [-0.05, 0) is 32.4 Å². The van der Waals surface area contributed by atoms with Crippen LogP contribution in [0.5, 0.6) is 0 Å². The smallest absolute Gasteiger partial charge is 0.308 e. The number of carbonyl (C=O) groups excluding carboxylic acids is 1. The SMILES string of the molecule is CCC(CNC(=O)COC1CCNCC1)C(=O)O. The molecular formula is C12H22N2O4. The van der Waals surface area contributed by atoms with Gasteiger partial charge in [0.25, 0.3) is 0 Å². The number of hydrogen-bond donors (Lipinski definition) is 3. The molecule has 1 aliphatic heterocycles. The van der Waals surface area contributed by atoms with E-state index in [2.05, 4.69) is 10.6 Å². The second kappa shape index (κ2) is 8.05. The minimum Gasteiger partial charge on any atom is -0.481 e. The first kappa shape index (κ1) is 14.9. The van der Waals surface area contributed by atoms with Crippen molar-refractivity contribution in [1.82, 2.24) is 10.6 Å². The summed E-state index contributed by atoms with van der Waals surface area (Å²) in [6.07, 6.45) is 2.48. The van der Waals surface area contributed by atoms with Crippen molar-refractivity contribution in [2.24, 2.45) is 5.92 Å². The number of ether oxygens (including phenoxy) is 1. The summed E-state index contributed by atoms with van der Waals surface area (Å²) in [6, 6.07) is 0. The Morgan fingerprint density at radius 2 is 2.11 bits per heavy atom. The van der Waals surface area contributed by atoms with Crippen molar-refractivity contribution in [2.75, 3.05) is 26.2 Å². The van der Waals surface area contributed by atoms with Crippen molar-refractivity contribution in [3.8, 4) is 0 Å². The van der Waals surface area contributed by atoms with E-state index in [1.165, 1.54) is 0 Å². The van der Waals surface area contributed by atoms with Crippen LogP contribution in [0.4, 0.5) is 0 Å². The van der Waals surface area contributed by atoms with E-state index < -0.39 is 11.9 Å². The second-order valence-electron chi connectivity index (χ2n) is 4.51. The maximum atomic E-state index is 11.5. The Balaban J connectivity index is 2.14. The van der Waals surface area contributed by atoms with Crippen LogP contribution < -0.4 is 10.6 Å². The van der Waals surface area contributed by atoms with Gasteiger partial charge in [-0.2, -0.15) is 0 Å². The monoisotopic (exact) mass is 258 g/mol. The summed E-state index contributed by atoms with van der Waals surface area (Å²) in [7, 11) is 0. The van der Waals surface area contributed by atoms with Crippen molar-refractivity contribution in [3.63, 3.8) is 0 Å². The fourth-order valence-corrected chi connectivity index (χ4v) is 1.85. The van der Waals surface area contributed by atoms with Crippen LogP contribution in [0.3, 0.4) is 0 Å². The number of rotatable bonds is 7. The number of carboxylic acids is 1. The lowest BCUT2D eigenvalue weighted by Crippen LogP contribution is -2.38. The molecule has 1 heterocycles. The first-order valence-corrected chi connectivity index (χ1v) is 6.45. The third kappa shape index (κ3) is 5.46. The molecule has 6 heteroatoms. The Morgan fingerprint density at radius 1 is 1.44 bits per heavy atom. The Morgan fingerprint density at radius 3 is 2.67 bits per heavy atom. The molecular weight excluding hydrogens is 236 g/mol. The minimum atomic E-state index is -0.878. The summed E-state index contributed by atoms with van der Waals surface area (Å²) < 4.78 is 5.47. The quantitative estimate of drug-likeness (QED) is 0.597. The highest BCUT2D eigenvalue weighted by molar-refractivity contribution is 5.78. The Bertz CT molecular complexity index is 277. The summed E-state index contributed by atoms with van der Waals surface area (Å²) in [6.45, 7) is 3.81. The van der Waals surface area contributed by atoms with Gasteiger partial charge in [-0.15, -0.1) is 0 Å². The number of carboxylic acid groups (broad SMARTS) is 1. The maximum Gasteiger partial charge on any atom is 0.308 e. The molecule has 1 amide bonds. The van der Waals surface area contributed by atoms with Crippen LogP contribution in [0.15, 0.2) is 0 Å². The van der Waals surface area contributed by atoms with Gasteiger partial charge in [-0.1, -0.05) is 6.92 Å². The van der Waals surface area contributed by atoms with E-state index >= 15 is 0 Å². The predicted molar refractivity (Wildman–Crippen MR) is 66.3 cm³/mol. The fourth-order valence-electron chi connectivity index (χ4n) is 1.85. The molecule has 0 aliphatic carbocycles. The Labute approximate surface area is 107 Å². The lowest BCUT2D eigenvalue weighted by Gasteiger charge is -2.22. The molecule has 0 spiro atoms. The van der Waals surface area contributed by atoms with Crippen LogP contribution in [0.25, 0.3) is 0 Å². The van der Waals surface area contributed by atoms with E-state index in [-0.39, 0.29) is 25.2 Å². The third-order valence-electron chi connectivity index (χ3n) is 3.12. The summed E-state index contributed by atoms with van der Waals surface area (Å²) in [5.41, 5.74) is 0. The normalized spacial score (nSPS) is 18.3. The molecule has 1 unspecified atom stereocenters. The maximum absolute atomic E-state index is 11.5.